The van der Waals surface area contributed by atoms with Gasteiger partial charge < -0.3 is 5.11 Å². The fraction of sp³-hybridized carbons (Fsp3) is 0.750. The molecule has 0 aliphatic heterocycles. The summed E-state index contributed by atoms with van der Waals surface area (Å²) in [6.45, 7) is 6.14. The van der Waals surface area contributed by atoms with Crippen molar-refractivity contribution in [1.29, 1.82) is 0 Å². The van der Waals surface area contributed by atoms with E-state index in [0.717, 1.165) is 32.1 Å². The van der Waals surface area contributed by atoms with E-state index in [0.29, 0.717) is 10.6 Å². The number of hydrogen-bond acceptors (Lipinski definition) is 4. The molecule has 0 aromatic carbocycles. The van der Waals surface area contributed by atoms with Crippen LogP contribution in [0.25, 0.3) is 0 Å². The maximum atomic E-state index is 12.4. The van der Waals surface area contributed by atoms with Gasteiger partial charge in [0, 0.05) is 0 Å². The van der Waals surface area contributed by atoms with Gasteiger partial charge in [-0.3, -0.25) is 0 Å². The number of aliphatic hydroxyl groups is 1. The van der Waals surface area contributed by atoms with E-state index in [2.05, 4.69) is 11.6 Å². The number of sulfonamides is 1. The minimum absolute atomic E-state index is 0.0934. The van der Waals surface area contributed by atoms with Crippen molar-refractivity contribution in [3.05, 3.63) is 17.5 Å². The average molecular weight is 348 g/mol. The van der Waals surface area contributed by atoms with Crippen LogP contribution in [0.5, 0.6) is 0 Å². The third-order valence-electron chi connectivity index (χ3n) is 4.08. The summed E-state index contributed by atoms with van der Waals surface area (Å²) in [4.78, 5) is 0. The second-order valence-corrected chi connectivity index (χ2v) is 8.77. The van der Waals surface area contributed by atoms with Gasteiger partial charge in [0.2, 0.25) is 10.0 Å². The fourth-order valence-electron chi connectivity index (χ4n) is 2.44. The molecule has 2 N–H and O–H groups in total. The number of aliphatic hydroxyl groups excluding tert-OH is 1. The quantitative estimate of drug-likeness (QED) is 0.599. The van der Waals surface area contributed by atoms with Gasteiger partial charge in [0.25, 0.3) is 0 Å². The molecular formula is C16H29NO3S2. The molecule has 0 radical (unpaired) electrons. The average Bonchev–Trinajstić information content (AvgIpc) is 3.03. The van der Waals surface area contributed by atoms with Crippen LogP contribution in [0, 0.1) is 5.92 Å². The minimum Gasteiger partial charge on any atom is -0.391 e. The predicted octanol–water partition coefficient (Wildman–Crippen LogP) is 3.77. The summed E-state index contributed by atoms with van der Waals surface area (Å²) >= 11 is 1.20. The van der Waals surface area contributed by atoms with E-state index in [9.17, 15) is 13.5 Å². The number of hydrogen-bond donors (Lipinski definition) is 2. The van der Waals surface area contributed by atoms with Gasteiger partial charge in [0.15, 0.2) is 0 Å². The van der Waals surface area contributed by atoms with Gasteiger partial charge in [0.05, 0.1) is 12.1 Å². The van der Waals surface area contributed by atoms with E-state index in [1.807, 2.05) is 13.8 Å². The molecule has 0 amide bonds. The van der Waals surface area contributed by atoms with Crippen molar-refractivity contribution >= 4 is 21.4 Å². The van der Waals surface area contributed by atoms with Gasteiger partial charge in [-0.15, -0.1) is 11.3 Å². The first kappa shape index (κ1) is 19.6. The van der Waals surface area contributed by atoms with Gasteiger partial charge in [0.1, 0.15) is 4.21 Å². The van der Waals surface area contributed by atoms with Crippen LogP contribution in [0.15, 0.2) is 21.7 Å². The van der Waals surface area contributed by atoms with E-state index in [1.165, 1.54) is 11.3 Å². The molecule has 4 nitrogen and oxygen atoms in total. The highest BCUT2D eigenvalue weighted by atomic mass is 32.2. The minimum atomic E-state index is -3.54. The van der Waals surface area contributed by atoms with Gasteiger partial charge in [-0.1, -0.05) is 58.9 Å². The second kappa shape index (κ2) is 9.65. The highest BCUT2D eigenvalue weighted by molar-refractivity contribution is 7.91. The number of thiophene rings is 1. The Balaban J connectivity index is 2.72. The molecule has 1 aromatic rings. The maximum Gasteiger partial charge on any atom is 0.250 e. The van der Waals surface area contributed by atoms with E-state index in [1.54, 1.807) is 17.5 Å². The Morgan fingerprint density at radius 1 is 1.27 bits per heavy atom. The normalized spacial score (nSPS) is 16.4. The molecule has 0 fully saturated rings. The fourth-order valence-corrected chi connectivity index (χ4v) is 4.83. The summed E-state index contributed by atoms with van der Waals surface area (Å²) in [5, 5.41) is 12.2. The summed E-state index contributed by atoms with van der Waals surface area (Å²) in [5.41, 5.74) is 0. The van der Waals surface area contributed by atoms with Gasteiger partial charge in [-0.05, 0) is 23.8 Å². The van der Waals surface area contributed by atoms with Gasteiger partial charge in [-0.25, -0.2) is 13.1 Å². The first-order valence-electron chi connectivity index (χ1n) is 8.16. The van der Waals surface area contributed by atoms with Crippen LogP contribution in [0.3, 0.4) is 0 Å². The molecule has 0 saturated heterocycles. The molecule has 6 heteroatoms. The van der Waals surface area contributed by atoms with E-state index in [4.69, 9.17) is 0 Å². The zero-order valence-electron chi connectivity index (χ0n) is 13.8. The molecule has 0 bridgehead atoms. The lowest BCUT2D eigenvalue weighted by atomic mass is 9.92. The van der Waals surface area contributed by atoms with E-state index >= 15 is 0 Å². The van der Waals surface area contributed by atoms with E-state index in [-0.39, 0.29) is 5.92 Å². The first-order chi connectivity index (χ1) is 10.4. The van der Waals surface area contributed by atoms with Crippen molar-refractivity contribution in [2.75, 3.05) is 0 Å². The van der Waals surface area contributed by atoms with E-state index < -0.39 is 22.2 Å². The third-order valence-corrected chi connectivity index (χ3v) is 6.93. The van der Waals surface area contributed by atoms with Crippen LogP contribution < -0.4 is 4.72 Å². The highest BCUT2D eigenvalue weighted by Crippen LogP contribution is 2.21. The Bertz CT molecular complexity index is 499. The maximum absolute atomic E-state index is 12.4. The van der Waals surface area contributed by atoms with Gasteiger partial charge >= 0.3 is 0 Å². The third kappa shape index (κ3) is 5.99. The molecule has 0 aliphatic rings. The van der Waals surface area contributed by atoms with Crippen molar-refractivity contribution in [1.82, 2.24) is 4.72 Å². The molecule has 0 aliphatic carbocycles. The summed E-state index contributed by atoms with van der Waals surface area (Å²) in [7, 11) is -3.54. The lowest BCUT2D eigenvalue weighted by Gasteiger charge is -2.28. The second-order valence-electron chi connectivity index (χ2n) is 5.88. The summed E-state index contributed by atoms with van der Waals surface area (Å²) in [6.07, 6.45) is 5.14. The molecule has 1 unspecified atom stereocenters. The molecule has 0 spiro atoms. The lowest BCUT2D eigenvalue weighted by molar-refractivity contribution is 0.100. The van der Waals surface area contributed by atoms with Crippen LogP contribution >= 0.6 is 11.3 Å². The lowest BCUT2D eigenvalue weighted by Crippen LogP contribution is -2.47. The standard InChI is InChI=1S/C16H29NO3S2/c1-4-6-7-8-10-14(18)16(13(3)5-2)17-22(19,20)15-11-9-12-21-15/h9,11-14,16-18H,4-8,10H2,1-3H3/t13-,14-,16?/m0/s1. The molecule has 128 valence electrons. The number of unbranched alkanes of at least 4 members (excludes halogenated alkanes) is 3. The summed E-state index contributed by atoms with van der Waals surface area (Å²) in [6, 6.07) is 2.88. The molecule has 22 heavy (non-hydrogen) atoms. The number of rotatable bonds is 11. The summed E-state index contributed by atoms with van der Waals surface area (Å²) in [5.74, 6) is 0.0934. The summed E-state index contributed by atoms with van der Waals surface area (Å²) < 4.78 is 27.8. The molecule has 1 rings (SSSR count). The predicted molar refractivity (Wildman–Crippen MR) is 92.6 cm³/mol. The largest absolute Gasteiger partial charge is 0.391 e. The smallest absolute Gasteiger partial charge is 0.250 e. The zero-order valence-corrected chi connectivity index (χ0v) is 15.4. The number of nitrogens with one attached hydrogen (secondary N) is 1. The Morgan fingerprint density at radius 2 is 2.00 bits per heavy atom. The molecular weight excluding hydrogens is 318 g/mol. The topological polar surface area (TPSA) is 66.4 Å². The van der Waals surface area contributed by atoms with Crippen LogP contribution in [0.1, 0.15) is 59.3 Å². The van der Waals surface area contributed by atoms with Crippen molar-refractivity contribution in [2.24, 2.45) is 5.92 Å². The zero-order chi connectivity index (χ0) is 16.6. The monoisotopic (exact) mass is 347 g/mol. The Hall–Kier alpha value is -0.430. The van der Waals surface area contributed by atoms with Crippen molar-refractivity contribution in [3.8, 4) is 0 Å². The van der Waals surface area contributed by atoms with Crippen molar-refractivity contribution in [2.45, 2.75) is 75.7 Å². The first-order valence-corrected chi connectivity index (χ1v) is 10.5. The van der Waals surface area contributed by atoms with Crippen LogP contribution in [0.2, 0.25) is 0 Å². The SMILES string of the molecule is CCCCCC[C@H](O)C(NS(=O)(=O)c1cccs1)[C@@H](C)CC. The van der Waals surface area contributed by atoms with Crippen LogP contribution in [-0.4, -0.2) is 25.7 Å². The molecule has 1 heterocycles. The van der Waals surface area contributed by atoms with Gasteiger partial charge in [-0.2, -0.15) is 0 Å². The Labute approximate surface area is 139 Å². The Kier molecular flexibility index (Phi) is 8.61. The molecule has 3 atom stereocenters. The Morgan fingerprint density at radius 3 is 2.55 bits per heavy atom. The molecule has 0 saturated carbocycles. The van der Waals surface area contributed by atoms with Crippen molar-refractivity contribution in [3.63, 3.8) is 0 Å². The van der Waals surface area contributed by atoms with Crippen LogP contribution in [-0.2, 0) is 10.0 Å². The highest BCUT2D eigenvalue weighted by Gasteiger charge is 2.29. The molecule has 1 aromatic heterocycles. The van der Waals surface area contributed by atoms with Crippen LogP contribution in [0.4, 0.5) is 0 Å². The van der Waals surface area contributed by atoms with Crippen molar-refractivity contribution < 1.29 is 13.5 Å².